The fraction of sp³-hybridized carbons (Fsp3) is 0.143. The summed E-state index contributed by atoms with van der Waals surface area (Å²) in [6.07, 6.45) is 0. The summed E-state index contributed by atoms with van der Waals surface area (Å²) in [5.41, 5.74) is 0.101. The van der Waals surface area contributed by atoms with Crippen LogP contribution >= 0.6 is 11.6 Å². The number of anilines is 1. The van der Waals surface area contributed by atoms with E-state index in [1.165, 1.54) is 36.9 Å². The Morgan fingerprint density at radius 2 is 1.72 bits per heavy atom. The van der Waals surface area contributed by atoms with Crippen molar-refractivity contribution in [3.8, 4) is 11.1 Å². The number of benzene rings is 2. The second kappa shape index (κ2) is 7.25. The Morgan fingerprint density at radius 3 is 2.41 bits per heavy atom. The van der Waals surface area contributed by atoms with Gasteiger partial charge in [-0.25, -0.2) is 9.18 Å². The van der Waals surface area contributed by atoms with Crippen LogP contribution in [0.5, 0.6) is 0 Å². The largest absolute Gasteiger partial charge is 0.423 e. The van der Waals surface area contributed by atoms with Gasteiger partial charge in [0.2, 0.25) is 11.6 Å². The number of furan rings is 1. The van der Waals surface area contributed by atoms with E-state index in [9.17, 15) is 14.0 Å². The van der Waals surface area contributed by atoms with E-state index in [-0.39, 0.29) is 33.1 Å². The van der Waals surface area contributed by atoms with Crippen LogP contribution in [0.3, 0.4) is 0 Å². The molecular formula is C21H17ClFN3O3. The van der Waals surface area contributed by atoms with Crippen molar-refractivity contribution >= 4 is 28.6 Å². The van der Waals surface area contributed by atoms with Gasteiger partial charge >= 0.3 is 5.69 Å². The summed E-state index contributed by atoms with van der Waals surface area (Å²) in [5.74, 6) is -0.437. The van der Waals surface area contributed by atoms with E-state index < -0.39 is 17.1 Å². The maximum atomic E-state index is 14.8. The van der Waals surface area contributed by atoms with Crippen molar-refractivity contribution in [2.75, 3.05) is 5.32 Å². The van der Waals surface area contributed by atoms with Gasteiger partial charge in [-0.05, 0) is 17.7 Å². The maximum Gasteiger partial charge on any atom is 0.333 e. The van der Waals surface area contributed by atoms with Gasteiger partial charge in [-0.1, -0.05) is 48.0 Å². The van der Waals surface area contributed by atoms with Gasteiger partial charge in [-0.3, -0.25) is 13.9 Å². The van der Waals surface area contributed by atoms with E-state index in [4.69, 9.17) is 16.0 Å². The number of fused-ring (bicyclic) bond motifs is 1. The van der Waals surface area contributed by atoms with Gasteiger partial charge in [-0.15, -0.1) is 0 Å². The lowest BCUT2D eigenvalue weighted by Crippen LogP contribution is -2.36. The molecule has 0 atom stereocenters. The van der Waals surface area contributed by atoms with Crippen LogP contribution in [0, 0.1) is 5.82 Å². The van der Waals surface area contributed by atoms with Crippen molar-refractivity contribution in [3.63, 3.8) is 0 Å². The molecule has 0 radical (unpaired) electrons. The molecule has 0 saturated heterocycles. The standard InChI is InChI=1S/C21H17ClFN3O3/c1-25-19(27)17-16(15-13(22)9-6-10-14(15)23)18(29-20(17)26(2)21(25)28)24-11-12-7-4-3-5-8-12/h3-10,24H,11H2,1-2H3. The molecule has 4 rings (SSSR count). The van der Waals surface area contributed by atoms with Crippen molar-refractivity contribution in [2.45, 2.75) is 6.54 Å². The topological polar surface area (TPSA) is 69.2 Å². The number of hydrogen-bond acceptors (Lipinski definition) is 4. The van der Waals surface area contributed by atoms with Crippen LogP contribution in [0.2, 0.25) is 5.02 Å². The van der Waals surface area contributed by atoms with Gasteiger partial charge in [0.25, 0.3) is 5.56 Å². The molecular weight excluding hydrogens is 397 g/mol. The van der Waals surface area contributed by atoms with Gasteiger partial charge in [0, 0.05) is 26.2 Å². The summed E-state index contributed by atoms with van der Waals surface area (Å²) < 4.78 is 22.8. The van der Waals surface area contributed by atoms with Crippen molar-refractivity contribution < 1.29 is 8.81 Å². The minimum Gasteiger partial charge on any atom is -0.423 e. The fourth-order valence-electron chi connectivity index (χ4n) is 3.30. The molecule has 0 bridgehead atoms. The quantitative estimate of drug-likeness (QED) is 0.551. The highest BCUT2D eigenvalue weighted by Gasteiger charge is 2.26. The number of aryl methyl sites for hydroxylation is 1. The molecule has 2 heterocycles. The maximum absolute atomic E-state index is 14.8. The first kappa shape index (κ1) is 19.0. The zero-order valence-corrected chi connectivity index (χ0v) is 16.5. The van der Waals surface area contributed by atoms with Gasteiger partial charge in [-0.2, -0.15) is 0 Å². The SMILES string of the molecule is Cn1c(=O)c2c(-c3c(F)cccc3Cl)c(NCc3ccccc3)oc2n(C)c1=O. The number of halogens is 2. The number of rotatable bonds is 4. The van der Waals surface area contributed by atoms with Crippen LogP contribution in [0.25, 0.3) is 22.2 Å². The normalized spacial score (nSPS) is 11.2. The van der Waals surface area contributed by atoms with Gasteiger partial charge in [0.15, 0.2) is 0 Å². The predicted octanol–water partition coefficient (Wildman–Crippen LogP) is 3.90. The third kappa shape index (κ3) is 3.13. The molecule has 0 aliphatic rings. The molecule has 0 saturated carbocycles. The monoisotopic (exact) mass is 413 g/mol. The molecule has 148 valence electrons. The molecule has 2 aromatic carbocycles. The zero-order valence-electron chi connectivity index (χ0n) is 15.7. The second-order valence-electron chi connectivity index (χ2n) is 6.63. The van der Waals surface area contributed by atoms with Gasteiger partial charge in [0.05, 0.1) is 10.6 Å². The lowest BCUT2D eigenvalue weighted by Gasteiger charge is -2.09. The molecule has 0 aliphatic heterocycles. The van der Waals surface area contributed by atoms with E-state index in [1.807, 2.05) is 30.3 Å². The average Bonchev–Trinajstić information content (AvgIpc) is 3.09. The van der Waals surface area contributed by atoms with E-state index in [1.54, 1.807) is 0 Å². The Hall–Kier alpha value is -3.32. The lowest BCUT2D eigenvalue weighted by atomic mass is 10.0. The molecule has 4 aromatic rings. The summed E-state index contributed by atoms with van der Waals surface area (Å²) in [6.45, 7) is 0.369. The smallest absolute Gasteiger partial charge is 0.333 e. The van der Waals surface area contributed by atoms with Gasteiger partial charge < -0.3 is 9.73 Å². The third-order valence-electron chi connectivity index (χ3n) is 4.80. The summed E-state index contributed by atoms with van der Waals surface area (Å²) in [5, 5.41) is 3.32. The number of aromatic nitrogens is 2. The Bertz CT molecular complexity index is 1320. The number of hydrogen-bond donors (Lipinski definition) is 1. The first-order valence-corrected chi connectivity index (χ1v) is 9.22. The summed E-state index contributed by atoms with van der Waals surface area (Å²) in [4.78, 5) is 25.2. The molecule has 0 fully saturated rings. The predicted molar refractivity (Wildman–Crippen MR) is 111 cm³/mol. The van der Waals surface area contributed by atoms with Crippen molar-refractivity contribution in [1.82, 2.24) is 9.13 Å². The van der Waals surface area contributed by atoms with Crippen LogP contribution in [0.15, 0.2) is 62.5 Å². The summed E-state index contributed by atoms with van der Waals surface area (Å²) >= 11 is 6.29. The van der Waals surface area contributed by atoms with Crippen molar-refractivity contribution in [1.29, 1.82) is 0 Å². The van der Waals surface area contributed by atoms with Crippen molar-refractivity contribution in [2.24, 2.45) is 14.1 Å². The van der Waals surface area contributed by atoms with Gasteiger partial charge in [0.1, 0.15) is 11.2 Å². The molecule has 8 heteroatoms. The molecule has 0 amide bonds. The highest BCUT2D eigenvalue weighted by Crippen LogP contribution is 2.41. The Balaban J connectivity index is 2.02. The van der Waals surface area contributed by atoms with Crippen molar-refractivity contribution in [3.05, 3.63) is 85.8 Å². The minimum absolute atomic E-state index is 0.0410. The van der Waals surface area contributed by atoms with E-state index in [0.717, 1.165) is 10.1 Å². The van der Waals surface area contributed by atoms with Crippen LogP contribution < -0.4 is 16.6 Å². The Morgan fingerprint density at radius 1 is 1.00 bits per heavy atom. The zero-order chi connectivity index (χ0) is 20.7. The lowest BCUT2D eigenvalue weighted by molar-refractivity contribution is 0.572. The van der Waals surface area contributed by atoms with E-state index in [0.29, 0.717) is 6.54 Å². The molecule has 2 aromatic heterocycles. The molecule has 6 nitrogen and oxygen atoms in total. The molecule has 0 spiro atoms. The fourth-order valence-corrected chi connectivity index (χ4v) is 3.56. The van der Waals surface area contributed by atoms with Crippen LogP contribution in [-0.4, -0.2) is 9.13 Å². The highest BCUT2D eigenvalue weighted by molar-refractivity contribution is 6.34. The Labute approximate surface area is 169 Å². The third-order valence-corrected chi connectivity index (χ3v) is 5.11. The first-order valence-electron chi connectivity index (χ1n) is 8.85. The number of nitrogens with one attached hydrogen (secondary N) is 1. The van der Waals surface area contributed by atoms with E-state index >= 15 is 0 Å². The Kier molecular flexibility index (Phi) is 4.76. The van der Waals surface area contributed by atoms with E-state index in [2.05, 4.69) is 5.32 Å². The number of nitrogens with zero attached hydrogens (tertiary/aromatic N) is 2. The molecule has 29 heavy (non-hydrogen) atoms. The molecule has 0 aliphatic carbocycles. The minimum atomic E-state index is -0.598. The van der Waals surface area contributed by atoms with Crippen LogP contribution in [-0.2, 0) is 20.6 Å². The summed E-state index contributed by atoms with van der Waals surface area (Å²) in [7, 11) is 2.85. The first-order chi connectivity index (χ1) is 13.9. The summed E-state index contributed by atoms with van der Waals surface area (Å²) in [6, 6.07) is 13.8. The second-order valence-corrected chi connectivity index (χ2v) is 7.04. The molecule has 1 N–H and O–H groups in total. The van der Waals surface area contributed by atoms with Crippen LogP contribution in [0.4, 0.5) is 10.3 Å². The average molecular weight is 414 g/mol. The van der Waals surface area contributed by atoms with Crippen LogP contribution in [0.1, 0.15) is 5.56 Å². The molecule has 0 unspecified atom stereocenters. The highest BCUT2D eigenvalue weighted by atomic mass is 35.5.